The van der Waals surface area contributed by atoms with Crippen molar-refractivity contribution in [3.63, 3.8) is 0 Å². The summed E-state index contributed by atoms with van der Waals surface area (Å²) in [5.41, 5.74) is 6.15. The molecule has 12 rings (SSSR count). The van der Waals surface area contributed by atoms with Crippen LogP contribution < -0.4 is 31.4 Å². The maximum Gasteiger partial charge on any atom is 0.407 e. The molecule has 6 aromatic carbocycles. The van der Waals surface area contributed by atoms with E-state index in [1.807, 2.05) is 131 Å². The number of hydrogen-bond acceptors (Lipinski definition) is 21. The number of nitrogens with one attached hydrogen (secondary N) is 3. The topological polar surface area (TPSA) is 309 Å². The Labute approximate surface area is 604 Å². The molecule has 9 aromatic rings. The van der Waals surface area contributed by atoms with E-state index in [1.54, 1.807) is 56.3 Å². The highest BCUT2D eigenvalue weighted by Crippen LogP contribution is 2.53. The lowest BCUT2D eigenvalue weighted by molar-refractivity contribution is -0.0939. The van der Waals surface area contributed by atoms with Crippen molar-refractivity contribution in [3.8, 4) is 34.8 Å². The third kappa shape index (κ3) is 16.8. The van der Waals surface area contributed by atoms with Gasteiger partial charge in [-0.1, -0.05) is 115 Å². The molecule has 3 aliphatic rings. The number of amides is 2. The van der Waals surface area contributed by atoms with Gasteiger partial charge in [0.1, 0.15) is 54.7 Å². The number of benzene rings is 6. The molecule has 5 heterocycles. The molecule has 0 radical (unpaired) electrons. The fourth-order valence-corrected chi connectivity index (χ4v) is 16.1. The lowest BCUT2D eigenvalue weighted by Gasteiger charge is -2.37. The molecule has 0 saturated carbocycles. The molecule has 540 valence electrons. The summed E-state index contributed by atoms with van der Waals surface area (Å²) in [5.74, 6) is 0.839. The molecule has 28 heteroatoms. The average molecular weight is 1450 g/mol. The molecular formula is C76H81N11O15P2. The van der Waals surface area contributed by atoms with Crippen molar-refractivity contribution in [1.82, 2.24) is 39.1 Å². The Morgan fingerprint density at radius 1 is 0.683 bits per heavy atom. The first kappa shape index (κ1) is 74.1. The molecule has 0 spiro atoms. The van der Waals surface area contributed by atoms with Crippen LogP contribution in [0.5, 0.6) is 11.5 Å². The quantitative estimate of drug-likeness (QED) is 0.0200. The van der Waals surface area contributed by atoms with Gasteiger partial charge in [0.15, 0.2) is 17.0 Å². The third-order valence-corrected chi connectivity index (χ3v) is 21.6. The number of aryl methyl sites for hydroxylation is 1. The highest BCUT2D eigenvalue weighted by Gasteiger charge is 2.47. The van der Waals surface area contributed by atoms with E-state index in [9.17, 15) is 29.7 Å². The van der Waals surface area contributed by atoms with Gasteiger partial charge in [0.2, 0.25) is 0 Å². The molecule has 2 saturated heterocycles. The second-order valence-electron chi connectivity index (χ2n) is 25.5. The normalized spacial score (nSPS) is 18.4. The number of ether oxygens (including phenoxy) is 6. The van der Waals surface area contributed by atoms with E-state index in [-0.39, 0.29) is 100 Å². The van der Waals surface area contributed by atoms with E-state index in [1.165, 1.54) is 17.1 Å². The smallest absolute Gasteiger partial charge is 0.407 e. The number of nitriles is 2. The SMILES string of the molecule is COc1ccc(C(OC[C@H]2O[C@@H](n3cc(C)c(=O)[nH]c3=O)CC2OP(OCCC#N)OC[C@H]2O[C@@H](n3cnc4c(NC(=O)c5ccc(CNC(=O)OCC6c7ccccc7-c7ccccc76)cc5)ncnc43)CC2OP(OCCC#N)N(C(C)C)C(C)C)(c2ccccc2)c2ccc(OC)cc2)cc1. The monoisotopic (exact) mass is 1450 g/mol. The van der Waals surface area contributed by atoms with Crippen LogP contribution in [0.15, 0.2) is 180 Å². The molecule has 2 aliphatic heterocycles. The van der Waals surface area contributed by atoms with E-state index in [4.69, 9.17) is 56.0 Å². The summed E-state index contributed by atoms with van der Waals surface area (Å²) in [6, 6.07) is 52.1. The minimum absolute atomic E-state index is 0.0227. The molecule has 1 aliphatic carbocycles. The third-order valence-electron chi connectivity index (χ3n) is 18.2. The van der Waals surface area contributed by atoms with Crippen molar-refractivity contribution in [1.29, 1.82) is 10.5 Å². The Balaban J connectivity index is 0.787. The molecule has 26 nitrogen and oxygen atoms in total. The number of aromatic amines is 1. The molecule has 8 atom stereocenters. The number of methoxy groups -OCH3 is 2. The van der Waals surface area contributed by atoms with Crippen molar-refractivity contribution in [3.05, 3.63) is 236 Å². The summed E-state index contributed by atoms with van der Waals surface area (Å²) in [5, 5.41) is 25.2. The van der Waals surface area contributed by atoms with Gasteiger partial charge in [-0.15, -0.1) is 0 Å². The summed E-state index contributed by atoms with van der Waals surface area (Å²) >= 11 is 0. The van der Waals surface area contributed by atoms with Gasteiger partial charge < -0.3 is 61.7 Å². The second-order valence-corrected chi connectivity index (χ2v) is 28.1. The minimum atomic E-state index is -2.41. The van der Waals surface area contributed by atoms with Gasteiger partial charge in [-0.25, -0.2) is 29.2 Å². The number of anilines is 1. The Bertz CT molecular complexity index is 4530. The molecule has 3 N–H and O–H groups in total. The Kier molecular flexibility index (Phi) is 24.4. The standard InChI is InChI=1S/C76H81N11O15P2/c1-48(2)87(49(3)4)103(96-37-15-35-77)101-63-39-68(86-47-82-69-70(80-46-81-71(69)86)83-73(89)52-25-23-51(24-26-52)41-79-75(91)94-43-62-60-21-13-11-19-58(60)59-20-12-14-22-61(59)62)100-66(63)45-98-104(97-38-16-36-78)102-64-40-67(85-42-50(5)72(88)84-74(85)90)99-65(64)44-95-76(53-17-9-8-10-18-53,54-27-31-56(92-6)32-28-54)55-29-33-57(93-7)34-30-55/h8-14,17-34,42,46-49,62-68H,15-16,37-41,43-45H2,1-7H3,(H,79,91)(H,84,88,90)(H,80,81,83,89)/t63?,64?,65-,66-,67-,68-,103?,104?/m1/s1. The number of carbonyl (C=O) groups is 2. The van der Waals surface area contributed by atoms with Crippen LogP contribution in [-0.2, 0) is 53.7 Å². The molecule has 4 unspecified atom stereocenters. The fraction of sp³-hybridized carbons (Fsp3) is 0.355. The van der Waals surface area contributed by atoms with E-state index < -0.39 is 82.9 Å². The van der Waals surface area contributed by atoms with Crippen LogP contribution in [0.1, 0.15) is 121 Å². The van der Waals surface area contributed by atoms with Gasteiger partial charge in [0.25, 0.3) is 20.0 Å². The zero-order chi connectivity index (χ0) is 72.9. The summed E-state index contributed by atoms with van der Waals surface area (Å²) in [6.45, 7) is 9.70. The number of rotatable bonds is 32. The van der Waals surface area contributed by atoms with Crippen LogP contribution in [-0.4, -0.2) is 129 Å². The molecule has 2 amide bonds. The first-order chi connectivity index (χ1) is 50.6. The first-order valence-corrected chi connectivity index (χ1v) is 36.4. The summed E-state index contributed by atoms with van der Waals surface area (Å²) in [6.07, 6.45) is -1.27. The van der Waals surface area contributed by atoms with E-state index >= 15 is 0 Å². The van der Waals surface area contributed by atoms with Gasteiger partial charge in [-0.3, -0.25) is 23.7 Å². The summed E-state index contributed by atoms with van der Waals surface area (Å²) in [7, 11) is -1.07. The zero-order valence-corrected chi connectivity index (χ0v) is 60.3. The summed E-state index contributed by atoms with van der Waals surface area (Å²) < 4.78 is 76.8. The van der Waals surface area contributed by atoms with Crippen molar-refractivity contribution in [2.45, 2.75) is 127 Å². The number of alkyl carbamates (subject to hydrolysis) is 1. The molecule has 0 bridgehead atoms. The number of nitrogens with zero attached hydrogens (tertiary/aromatic N) is 8. The zero-order valence-electron chi connectivity index (χ0n) is 58.5. The number of fused-ring (bicyclic) bond motifs is 4. The fourth-order valence-electron chi connectivity index (χ4n) is 13.2. The van der Waals surface area contributed by atoms with E-state index in [0.29, 0.717) is 22.7 Å². The van der Waals surface area contributed by atoms with Crippen molar-refractivity contribution < 1.29 is 60.6 Å². The van der Waals surface area contributed by atoms with E-state index in [2.05, 4.69) is 66.7 Å². The van der Waals surface area contributed by atoms with Crippen molar-refractivity contribution >= 4 is 46.1 Å². The lowest BCUT2D eigenvalue weighted by Crippen LogP contribution is -2.38. The van der Waals surface area contributed by atoms with Crippen LogP contribution in [0.4, 0.5) is 10.6 Å². The maximum atomic E-state index is 14.0. The van der Waals surface area contributed by atoms with Crippen LogP contribution in [0, 0.1) is 29.6 Å². The van der Waals surface area contributed by atoms with Gasteiger partial charge in [-0.05, 0) is 116 Å². The number of carbonyl (C=O) groups excluding carboxylic acids is 2. The number of H-pyrrole nitrogens is 1. The maximum absolute atomic E-state index is 14.0. The van der Waals surface area contributed by atoms with Crippen molar-refractivity contribution in [2.75, 3.05) is 52.6 Å². The van der Waals surface area contributed by atoms with Gasteiger partial charge >= 0.3 is 20.4 Å². The number of hydrogen-bond donors (Lipinski definition) is 3. The van der Waals surface area contributed by atoms with Gasteiger partial charge in [-0.2, -0.15) is 10.5 Å². The second kappa shape index (κ2) is 34.3. The molecule has 104 heavy (non-hydrogen) atoms. The predicted molar refractivity (Wildman–Crippen MR) is 387 cm³/mol. The average Bonchev–Trinajstić information content (AvgIpc) is 0.939. The number of aromatic nitrogens is 6. The highest BCUT2D eigenvalue weighted by atomic mass is 31.2. The van der Waals surface area contributed by atoms with Crippen LogP contribution in [0.3, 0.4) is 0 Å². The van der Waals surface area contributed by atoms with Crippen LogP contribution in [0.2, 0.25) is 0 Å². The van der Waals surface area contributed by atoms with Crippen LogP contribution in [0.25, 0.3) is 22.3 Å². The van der Waals surface area contributed by atoms with Gasteiger partial charge in [0.05, 0.1) is 84.2 Å². The minimum Gasteiger partial charge on any atom is -0.497 e. The Morgan fingerprint density at radius 2 is 1.26 bits per heavy atom. The Hall–Kier alpha value is -9.63. The Morgan fingerprint density at radius 3 is 1.88 bits per heavy atom. The predicted octanol–water partition coefficient (Wildman–Crippen LogP) is 12.8. The van der Waals surface area contributed by atoms with Gasteiger partial charge in [0, 0.05) is 54.7 Å². The molecule has 3 aromatic heterocycles. The number of imidazole rings is 1. The first-order valence-electron chi connectivity index (χ1n) is 34.2. The van der Waals surface area contributed by atoms with Crippen molar-refractivity contribution in [2.24, 2.45) is 0 Å². The van der Waals surface area contributed by atoms with E-state index in [0.717, 1.165) is 44.5 Å². The van der Waals surface area contributed by atoms with Crippen LogP contribution >= 0.6 is 17.1 Å². The highest BCUT2D eigenvalue weighted by molar-refractivity contribution is 7.44. The summed E-state index contributed by atoms with van der Waals surface area (Å²) in [4.78, 5) is 69.6. The molecule has 2 fully saturated rings. The lowest BCUT2D eigenvalue weighted by atomic mass is 9.80. The largest absolute Gasteiger partial charge is 0.497 e. The molecular weight excluding hydrogens is 1370 g/mol.